The Morgan fingerprint density at radius 3 is 2.67 bits per heavy atom. The van der Waals surface area contributed by atoms with Gasteiger partial charge >= 0.3 is 6.18 Å². The van der Waals surface area contributed by atoms with Crippen molar-refractivity contribution in [3.8, 4) is 5.88 Å². The first-order chi connectivity index (χ1) is 6.88. The minimum atomic E-state index is -4.22. The number of pyridine rings is 1. The second kappa shape index (κ2) is 4.37. The molecule has 1 heterocycles. The number of hydrogen-bond donors (Lipinski definition) is 1. The Morgan fingerprint density at radius 1 is 1.47 bits per heavy atom. The van der Waals surface area contributed by atoms with E-state index >= 15 is 0 Å². The van der Waals surface area contributed by atoms with Crippen LogP contribution in [0.3, 0.4) is 0 Å². The second-order valence-electron chi connectivity index (χ2n) is 3.12. The summed E-state index contributed by atoms with van der Waals surface area (Å²) in [7, 11) is 0. The van der Waals surface area contributed by atoms with Crippen LogP contribution in [-0.2, 0) is 0 Å². The zero-order valence-corrected chi connectivity index (χ0v) is 8.14. The lowest BCUT2D eigenvalue weighted by Crippen LogP contribution is -2.14. The van der Waals surface area contributed by atoms with Gasteiger partial charge in [-0.2, -0.15) is 13.2 Å². The van der Waals surface area contributed by atoms with Gasteiger partial charge in [0, 0.05) is 6.20 Å². The van der Waals surface area contributed by atoms with Gasteiger partial charge in [0.1, 0.15) is 0 Å². The molecule has 0 aliphatic carbocycles. The van der Waals surface area contributed by atoms with Crippen LogP contribution in [0.2, 0.25) is 0 Å². The predicted molar refractivity (Wildman–Crippen MR) is 49.6 cm³/mol. The maximum Gasteiger partial charge on any atom is 0.392 e. The maximum absolute atomic E-state index is 11.8. The van der Waals surface area contributed by atoms with Gasteiger partial charge in [-0.25, -0.2) is 4.98 Å². The number of aromatic nitrogens is 1. The average molecular weight is 220 g/mol. The van der Waals surface area contributed by atoms with E-state index in [9.17, 15) is 13.2 Å². The molecular weight excluding hydrogens is 209 g/mol. The van der Waals surface area contributed by atoms with E-state index in [1.165, 1.54) is 6.20 Å². The molecule has 0 bridgehead atoms. The fraction of sp³-hybridized carbons (Fsp3) is 0.444. The van der Waals surface area contributed by atoms with Gasteiger partial charge in [0.15, 0.2) is 0 Å². The minimum Gasteiger partial charge on any atom is -0.476 e. The van der Waals surface area contributed by atoms with Crippen molar-refractivity contribution in [1.82, 2.24) is 4.98 Å². The Balaban J connectivity index is 2.51. The molecule has 1 aromatic heterocycles. The van der Waals surface area contributed by atoms with Crippen LogP contribution < -0.4 is 10.5 Å². The van der Waals surface area contributed by atoms with E-state index in [0.717, 1.165) is 5.56 Å². The molecule has 0 amide bonds. The van der Waals surface area contributed by atoms with E-state index in [-0.39, 0.29) is 11.6 Å². The van der Waals surface area contributed by atoms with Gasteiger partial charge in [-0.05, 0) is 18.6 Å². The first-order valence-electron chi connectivity index (χ1n) is 4.30. The molecule has 15 heavy (non-hydrogen) atoms. The molecule has 6 heteroatoms. The number of rotatable bonds is 3. The summed E-state index contributed by atoms with van der Waals surface area (Å²) in [5, 5.41) is 0. The average Bonchev–Trinajstić information content (AvgIpc) is 2.07. The molecule has 0 atom stereocenters. The summed E-state index contributed by atoms with van der Waals surface area (Å²) < 4.78 is 40.2. The third kappa shape index (κ3) is 4.05. The number of nitrogen functional groups attached to an aromatic ring is 1. The number of anilines is 1. The summed E-state index contributed by atoms with van der Waals surface area (Å²) in [5.74, 6) is 0.0462. The Labute approximate surface area is 85.1 Å². The van der Waals surface area contributed by atoms with Crippen molar-refractivity contribution >= 4 is 5.69 Å². The number of aryl methyl sites for hydroxylation is 1. The highest BCUT2D eigenvalue weighted by atomic mass is 19.4. The molecule has 1 rings (SSSR count). The van der Waals surface area contributed by atoms with Crippen LogP contribution in [0.15, 0.2) is 12.3 Å². The predicted octanol–water partition coefficient (Wildman–Crippen LogP) is 2.30. The quantitative estimate of drug-likeness (QED) is 0.850. The largest absolute Gasteiger partial charge is 0.476 e. The van der Waals surface area contributed by atoms with Crippen molar-refractivity contribution in [2.75, 3.05) is 12.3 Å². The van der Waals surface area contributed by atoms with E-state index in [2.05, 4.69) is 4.98 Å². The van der Waals surface area contributed by atoms with Crippen LogP contribution in [-0.4, -0.2) is 17.8 Å². The van der Waals surface area contributed by atoms with Gasteiger partial charge in [-0.15, -0.1) is 0 Å². The van der Waals surface area contributed by atoms with Gasteiger partial charge < -0.3 is 10.5 Å². The highest BCUT2D eigenvalue weighted by Gasteiger charge is 2.27. The SMILES string of the molecule is Cc1cnc(OCCC(F)(F)F)c(N)c1. The molecule has 0 aliphatic heterocycles. The number of hydrogen-bond acceptors (Lipinski definition) is 3. The second-order valence-corrected chi connectivity index (χ2v) is 3.12. The van der Waals surface area contributed by atoms with Crippen molar-refractivity contribution in [3.63, 3.8) is 0 Å². The van der Waals surface area contributed by atoms with E-state index in [4.69, 9.17) is 10.5 Å². The third-order valence-corrected chi connectivity index (χ3v) is 1.64. The maximum atomic E-state index is 11.8. The minimum absolute atomic E-state index is 0.0462. The van der Waals surface area contributed by atoms with Crippen molar-refractivity contribution in [2.45, 2.75) is 19.5 Å². The molecule has 0 aliphatic rings. The molecule has 3 nitrogen and oxygen atoms in total. The van der Waals surface area contributed by atoms with Crippen LogP contribution in [0.1, 0.15) is 12.0 Å². The van der Waals surface area contributed by atoms with E-state index in [1.807, 2.05) is 0 Å². The molecule has 0 spiro atoms. The molecule has 0 saturated carbocycles. The number of nitrogens with zero attached hydrogens (tertiary/aromatic N) is 1. The fourth-order valence-electron chi connectivity index (χ4n) is 0.963. The van der Waals surface area contributed by atoms with Gasteiger partial charge in [0.05, 0.1) is 18.7 Å². The summed E-state index contributed by atoms with van der Waals surface area (Å²) in [6, 6.07) is 1.59. The number of alkyl halides is 3. The Hall–Kier alpha value is -1.46. The first kappa shape index (κ1) is 11.6. The molecule has 2 N–H and O–H groups in total. The number of ether oxygens (including phenoxy) is 1. The first-order valence-corrected chi connectivity index (χ1v) is 4.30. The zero-order valence-electron chi connectivity index (χ0n) is 8.14. The van der Waals surface area contributed by atoms with Crippen molar-refractivity contribution in [1.29, 1.82) is 0 Å². The number of nitrogens with two attached hydrogens (primary N) is 1. The lowest BCUT2D eigenvalue weighted by Gasteiger charge is -2.09. The van der Waals surface area contributed by atoms with Crippen molar-refractivity contribution < 1.29 is 17.9 Å². The standard InChI is InChI=1S/C9H11F3N2O/c1-6-4-7(13)8(14-5-6)15-3-2-9(10,11)12/h4-5H,2-3,13H2,1H3. The van der Waals surface area contributed by atoms with Crippen molar-refractivity contribution in [3.05, 3.63) is 17.8 Å². The Morgan fingerprint density at radius 2 is 2.13 bits per heavy atom. The van der Waals surface area contributed by atoms with Crippen LogP contribution in [0.5, 0.6) is 5.88 Å². The molecule has 1 aromatic rings. The Kier molecular flexibility index (Phi) is 3.39. The molecule has 84 valence electrons. The lowest BCUT2D eigenvalue weighted by atomic mass is 10.3. The van der Waals surface area contributed by atoms with E-state index in [1.54, 1.807) is 13.0 Å². The normalized spacial score (nSPS) is 11.5. The van der Waals surface area contributed by atoms with E-state index < -0.39 is 19.2 Å². The highest BCUT2D eigenvalue weighted by Crippen LogP contribution is 2.22. The van der Waals surface area contributed by atoms with Crippen LogP contribution >= 0.6 is 0 Å². The van der Waals surface area contributed by atoms with Gasteiger partial charge in [0.25, 0.3) is 0 Å². The summed E-state index contributed by atoms with van der Waals surface area (Å²) >= 11 is 0. The topological polar surface area (TPSA) is 48.1 Å². The summed E-state index contributed by atoms with van der Waals surface area (Å²) in [6.07, 6.45) is -3.75. The van der Waals surface area contributed by atoms with Crippen LogP contribution in [0, 0.1) is 6.92 Å². The molecule has 0 radical (unpaired) electrons. The van der Waals surface area contributed by atoms with Crippen molar-refractivity contribution in [2.24, 2.45) is 0 Å². The lowest BCUT2D eigenvalue weighted by molar-refractivity contribution is -0.139. The van der Waals surface area contributed by atoms with E-state index in [0.29, 0.717) is 0 Å². The Bertz CT molecular complexity index is 339. The highest BCUT2D eigenvalue weighted by molar-refractivity contribution is 5.49. The van der Waals surface area contributed by atoms with Gasteiger partial charge in [-0.1, -0.05) is 0 Å². The molecule has 0 unspecified atom stereocenters. The van der Waals surface area contributed by atoms with Gasteiger partial charge in [-0.3, -0.25) is 0 Å². The van der Waals surface area contributed by atoms with Crippen LogP contribution in [0.25, 0.3) is 0 Å². The number of halogens is 3. The van der Waals surface area contributed by atoms with Gasteiger partial charge in [0.2, 0.25) is 5.88 Å². The molecular formula is C9H11F3N2O. The smallest absolute Gasteiger partial charge is 0.392 e. The summed E-state index contributed by atoms with van der Waals surface area (Å²) in [5.41, 5.74) is 6.58. The third-order valence-electron chi connectivity index (χ3n) is 1.64. The fourth-order valence-corrected chi connectivity index (χ4v) is 0.963. The molecule has 0 saturated heterocycles. The molecule has 0 aromatic carbocycles. The monoisotopic (exact) mass is 220 g/mol. The molecule has 0 fully saturated rings. The summed E-state index contributed by atoms with van der Waals surface area (Å²) in [6.45, 7) is 1.31. The zero-order chi connectivity index (χ0) is 11.5. The summed E-state index contributed by atoms with van der Waals surface area (Å²) in [4.78, 5) is 3.78. The van der Waals surface area contributed by atoms with Crippen LogP contribution in [0.4, 0.5) is 18.9 Å².